The number of fused-ring (bicyclic) bond motifs is 1. The van der Waals surface area contributed by atoms with Gasteiger partial charge >= 0.3 is 0 Å². The van der Waals surface area contributed by atoms with Crippen LogP contribution in [0.15, 0.2) is 60.9 Å². The van der Waals surface area contributed by atoms with E-state index >= 15 is 0 Å². The summed E-state index contributed by atoms with van der Waals surface area (Å²) in [6, 6.07) is 15.7. The van der Waals surface area contributed by atoms with Crippen molar-refractivity contribution in [2.24, 2.45) is 7.05 Å². The van der Waals surface area contributed by atoms with Crippen LogP contribution in [-0.2, 0) is 7.05 Å². The molecule has 0 bridgehead atoms. The molecule has 24 heavy (non-hydrogen) atoms. The number of imidazole rings is 2. The molecule has 0 aliphatic rings. The van der Waals surface area contributed by atoms with E-state index in [0.29, 0.717) is 0 Å². The topological polar surface area (TPSA) is 31.5 Å². The van der Waals surface area contributed by atoms with Crippen molar-refractivity contribution in [3.63, 3.8) is 0 Å². The monoisotopic (exact) mass is 337 g/mol. The van der Waals surface area contributed by atoms with Crippen molar-refractivity contribution in [3.8, 4) is 28.3 Å². The average Bonchev–Trinajstić information content (AvgIpc) is 3.16. The van der Waals surface area contributed by atoms with Crippen LogP contribution in [0.5, 0.6) is 5.75 Å². The number of methoxy groups -OCH3 is 1. The highest BCUT2D eigenvalue weighted by molar-refractivity contribution is 6.30. The van der Waals surface area contributed by atoms with Crippen LogP contribution >= 0.6 is 11.6 Å². The van der Waals surface area contributed by atoms with Crippen molar-refractivity contribution < 1.29 is 4.74 Å². The Hall–Kier alpha value is -2.72. The summed E-state index contributed by atoms with van der Waals surface area (Å²) in [5.74, 6) is 1.71. The van der Waals surface area contributed by atoms with E-state index in [-0.39, 0.29) is 0 Å². The summed E-state index contributed by atoms with van der Waals surface area (Å²) in [6.45, 7) is 0. The molecule has 0 unspecified atom stereocenters. The Labute approximate surface area is 144 Å². The third kappa shape index (κ3) is 2.45. The van der Waals surface area contributed by atoms with Crippen LogP contribution in [0.2, 0.25) is 5.02 Å². The lowest BCUT2D eigenvalue weighted by atomic mass is 10.1. The first-order valence-corrected chi connectivity index (χ1v) is 7.98. The second-order valence-corrected chi connectivity index (χ2v) is 6.08. The molecular formula is C19H16ClN3O. The van der Waals surface area contributed by atoms with Gasteiger partial charge < -0.3 is 9.30 Å². The van der Waals surface area contributed by atoms with E-state index in [9.17, 15) is 0 Å². The maximum atomic E-state index is 5.98. The highest BCUT2D eigenvalue weighted by Gasteiger charge is 2.12. The number of rotatable bonds is 3. The van der Waals surface area contributed by atoms with Crippen molar-refractivity contribution in [1.29, 1.82) is 0 Å². The van der Waals surface area contributed by atoms with E-state index in [2.05, 4.69) is 10.8 Å². The van der Waals surface area contributed by atoms with Crippen LogP contribution in [0.25, 0.3) is 28.3 Å². The highest BCUT2D eigenvalue weighted by Crippen LogP contribution is 2.27. The number of benzene rings is 2. The van der Waals surface area contributed by atoms with Crippen molar-refractivity contribution in [2.75, 3.05) is 7.11 Å². The predicted molar refractivity (Wildman–Crippen MR) is 96.6 cm³/mol. The number of halogens is 1. The molecule has 0 atom stereocenters. The third-order valence-corrected chi connectivity index (χ3v) is 4.39. The molecule has 4 aromatic rings. The summed E-state index contributed by atoms with van der Waals surface area (Å²) in [4.78, 5) is 4.77. The Morgan fingerprint density at radius 3 is 2.50 bits per heavy atom. The summed E-state index contributed by atoms with van der Waals surface area (Å²) in [5, 5.41) is 0.734. The zero-order valence-corrected chi connectivity index (χ0v) is 14.2. The standard InChI is InChI=1S/C19H16ClN3O/c1-22-18(13-6-8-15(20)9-7-13)12-23-11-17(21-19(22)23)14-4-3-5-16(10-14)24-2/h3-12H,1-2H3. The fourth-order valence-corrected chi connectivity index (χ4v) is 2.99. The molecule has 0 radical (unpaired) electrons. The van der Waals surface area contributed by atoms with E-state index in [4.69, 9.17) is 21.3 Å². The maximum Gasteiger partial charge on any atom is 0.214 e. The van der Waals surface area contributed by atoms with Gasteiger partial charge in [-0.05, 0) is 29.8 Å². The maximum absolute atomic E-state index is 5.98. The van der Waals surface area contributed by atoms with Crippen LogP contribution in [0.3, 0.4) is 0 Å². The number of nitrogens with zero attached hydrogens (tertiary/aromatic N) is 3. The molecule has 2 aromatic carbocycles. The minimum absolute atomic E-state index is 0.734. The third-order valence-electron chi connectivity index (χ3n) is 4.14. The van der Waals surface area contributed by atoms with Gasteiger partial charge in [0.25, 0.3) is 0 Å². The molecule has 0 spiro atoms. The lowest BCUT2D eigenvalue weighted by molar-refractivity contribution is 0.415. The van der Waals surface area contributed by atoms with Gasteiger partial charge in [0.1, 0.15) is 5.75 Å². The molecule has 120 valence electrons. The van der Waals surface area contributed by atoms with Gasteiger partial charge in [0, 0.05) is 30.0 Å². The van der Waals surface area contributed by atoms with E-state index in [0.717, 1.165) is 39.1 Å². The summed E-state index contributed by atoms with van der Waals surface area (Å²) in [5.41, 5.74) is 4.15. The first-order chi connectivity index (χ1) is 11.7. The molecule has 5 heteroatoms. The summed E-state index contributed by atoms with van der Waals surface area (Å²) in [6.07, 6.45) is 4.11. The molecule has 0 fully saturated rings. The molecule has 0 aliphatic heterocycles. The Balaban J connectivity index is 1.79. The van der Waals surface area contributed by atoms with Crippen LogP contribution < -0.4 is 4.74 Å². The number of hydrogen-bond donors (Lipinski definition) is 0. The normalized spacial score (nSPS) is 11.1. The van der Waals surface area contributed by atoms with Gasteiger partial charge in [0.05, 0.1) is 18.5 Å². The van der Waals surface area contributed by atoms with Crippen LogP contribution in [0, 0.1) is 0 Å². The Morgan fingerprint density at radius 1 is 1.00 bits per heavy atom. The lowest BCUT2D eigenvalue weighted by Gasteiger charge is -2.03. The SMILES string of the molecule is COc1cccc(-c2cn3cc(-c4ccc(Cl)cc4)n(C)c3n2)c1. The van der Waals surface area contributed by atoms with Gasteiger partial charge in [-0.1, -0.05) is 35.9 Å². The van der Waals surface area contributed by atoms with Gasteiger partial charge in [0.15, 0.2) is 0 Å². The molecule has 2 aromatic heterocycles. The summed E-state index contributed by atoms with van der Waals surface area (Å²) in [7, 11) is 3.68. The van der Waals surface area contributed by atoms with E-state index in [1.165, 1.54) is 0 Å². The van der Waals surface area contributed by atoms with Gasteiger partial charge in [0.2, 0.25) is 5.78 Å². The quantitative estimate of drug-likeness (QED) is 0.544. The van der Waals surface area contributed by atoms with Crippen molar-refractivity contribution in [1.82, 2.24) is 14.0 Å². The number of aromatic nitrogens is 3. The minimum atomic E-state index is 0.734. The van der Waals surface area contributed by atoms with E-state index in [1.54, 1.807) is 7.11 Å². The van der Waals surface area contributed by atoms with Crippen LogP contribution in [-0.4, -0.2) is 21.1 Å². The Morgan fingerprint density at radius 2 is 1.79 bits per heavy atom. The number of aryl methyl sites for hydroxylation is 1. The van der Waals surface area contributed by atoms with Crippen molar-refractivity contribution in [3.05, 3.63) is 65.9 Å². The molecule has 2 heterocycles. The molecule has 0 N–H and O–H groups in total. The van der Waals surface area contributed by atoms with Gasteiger partial charge in [-0.3, -0.25) is 4.40 Å². The fourth-order valence-electron chi connectivity index (χ4n) is 2.86. The highest BCUT2D eigenvalue weighted by atomic mass is 35.5. The van der Waals surface area contributed by atoms with Crippen LogP contribution in [0.1, 0.15) is 0 Å². The summed E-state index contributed by atoms with van der Waals surface area (Å²) >= 11 is 5.98. The minimum Gasteiger partial charge on any atom is -0.497 e. The Bertz CT molecular complexity index is 1010. The first kappa shape index (κ1) is 14.8. The summed E-state index contributed by atoms with van der Waals surface area (Å²) < 4.78 is 9.41. The van der Waals surface area contributed by atoms with Gasteiger partial charge in [-0.2, -0.15) is 0 Å². The Kier molecular flexibility index (Phi) is 3.54. The van der Waals surface area contributed by atoms with E-state index < -0.39 is 0 Å². The second kappa shape index (κ2) is 5.73. The molecule has 4 nitrogen and oxygen atoms in total. The lowest BCUT2D eigenvalue weighted by Crippen LogP contribution is -1.92. The molecule has 0 saturated carbocycles. The zero-order chi connectivity index (χ0) is 16.7. The molecule has 0 saturated heterocycles. The van der Waals surface area contributed by atoms with Crippen molar-refractivity contribution in [2.45, 2.75) is 0 Å². The van der Waals surface area contributed by atoms with Gasteiger partial charge in [-0.25, -0.2) is 4.98 Å². The largest absolute Gasteiger partial charge is 0.497 e. The molecule has 0 amide bonds. The zero-order valence-electron chi connectivity index (χ0n) is 13.4. The number of ether oxygens (including phenoxy) is 1. The van der Waals surface area contributed by atoms with Crippen LogP contribution in [0.4, 0.5) is 0 Å². The average molecular weight is 338 g/mol. The fraction of sp³-hybridized carbons (Fsp3) is 0.105. The number of hydrogen-bond acceptors (Lipinski definition) is 2. The molecule has 4 rings (SSSR count). The second-order valence-electron chi connectivity index (χ2n) is 5.65. The first-order valence-electron chi connectivity index (χ1n) is 7.60. The molecular weight excluding hydrogens is 322 g/mol. The predicted octanol–water partition coefficient (Wildman–Crippen LogP) is 4.67. The van der Waals surface area contributed by atoms with E-state index in [1.807, 2.05) is 66.2 Å². The molecule has 0 aliphatic carbocycles. The van der Waals surface area contributed by atoms with Crippen molar-refractivity contribution >= 4 is 17.4 Å². The smallest absolute Gasteiger partial charge is 0.214 e. The van der Waals surface area contributed by atoms with Gasteiger partial charge in [-0.15, -0.1) is 0 Å².